The minimum Gasteiger partial charge on any atom is -0.328 e. The third kappa shape index (κ3) is 5.19. The molecule has 0 aliphatic heterocycles. The van der Waals surface area contributed by atoms with Gasteiger partial charge < -0.3 is 5.73 Å². The SMILES string of the molecule is NC1CCC(CN(Cc2ccccc2)Cc2ccccc2)CC1. The van der Waals surface area contributed by atoms with Gasteiger partial charge in [0.25, 0.3) is 0 Å². The average Bonchev–Trinajstić information content (AvgIpc) is 2.59. The summed E-state index contributed by atoms with van der Waals surface area (Å²) in [6.07, 6.45) is 4.94. The normalized spacial score (nSPS) is 21.5. The van der Waals surface area contributed by atoms with E-state index in [0.29, 0.717) is 6.04 Å². The van der Waals surface area contributed by atoms with Crippen LogP contribution in [0, 0.1) is 5.92 Å². The van der Waals surface area contributed by atoms with Crippen LogP contribution in [0.15, 0.2) is 60.7 Å². The lowest BCUT2D eigenvalue weighted by Crippen LogP contribution is -2.34. The van der Waals surface area contributed by atoms with Crippen molar-refractivity contribution < 1.29 is 0 Å². The van der Waals surface area contributed by atoms with E-state index < -0.39 is 0 Å². The first-order valence-electron chi connectivity index (χ1n) is 8.85. The van der Waals surface area contributed by atoms with E-state index in [9.17, 15) is 0 Å². The molecule has 1 fully saturated rings. The summed E-state index contributed by atoms with van der Waals surface area (Å²) in [6, 6.07) is 22.1. The zero-order valence-electron chi connectivity index (χ0n) is 13.9. The largest absolute Gasteiger partial charge is 0.328 e. The highest BCUT2D eigenvalue weighted by molar-refractivity contribution is 5.17. The first-order chi connectivity index (χ1) is 11.3. The van der Waals surface area contributed by atoms with Crippen LogP contribution in [0.2, 0.25) is 0 Å². The van der Waals surface area contributed by atoms with E-state index in [2.05, 4.69) is 65.6 Å². The molecule has 1 saturated carbocycles. The lowest BCUT2D eigenvalue weighted by molar-refractivity contribution is 0.181. The van der Waals surface area contributed by atoms with Crippen molar-refractivity contribution in [3.05, 3.63) is 71.8 Å². The van der Waals surface area contributed by atoms with Crippen LogP contribution in [-0.4, -0.2) is 17.5 Å². The molecule has 1 aliphatic rings. The van der Waals surface area contributed by atoms with Crippen molar-refractivity contribution in [1.29, 1.82) is 0 Å². The van der Waals surface area contributed by atoms with Gasteiger partial charge in [-0.1, -0.05) is 60.7 Å². The van der Waals surface area contributed by atoms with Crippen molar-refractivity contribution in [2.75, 3.05) is 6.54 Å². The monoisotopic (exact) mass is 308 g/mol. The van der Waals surface area contributed by atoms with Gasteiger partial charge in [0.1, 0.15) is 0 Å². The third-order valence-electron chi connectivity index (χ3n) is 4.91. The molecule has 2 heteroatoms. The molecule has 0 heterocycles. The van der Waals surface area contributed by atoms with E-state index >= 15 is 0 Å². The van der Waals surface area contributed by atoms with Crippen LogP contribution in [0.4, 0.5) is 0 Å². The van der Waals surface area contributed by atoms with Gasteiger partial charge >= 0.3 is 0 Å². The molecule has 2 N–H and O–H groups in total. The van der Waals surface area contributed by atoms with Crippen LogP contribution in [0.25, 0.3) is 0 Å². The van der Waals surface area contributed by atoms with Crippen LogP contribution >= 0.6 is 0 Å². The van der Waals surface area contributed by atoms with Crippen molar-refractivity contribution in [2.45, 2.75) is 44.8 Å². The maximum Gasteiger partial charge on any atom is 0.0237 e. The molecule has 0 unspecified atom stereocenters. The standard InChI is InChI=1S/C21H28N2/c22-21-13-11-20(12-14-21)17-23(15-18-7-3-1-4-8-18)16-19-9-5-2-6-10-19/h1-10,20-21H,11-17,22H2. The summed E-state index contributed by atoms with van der Waals surface area (Å²) in [4.78, 5) is 2.60. The predicted molar refractivity (Wildman–Crippen MR) is 96.9 cm³/mol. The average molecular weight is 308 g/mol. The van der Waals surface area contributed by atoms with Crippen LogP contribution in [-0.2, 0) is 13.1 Å². The van der Waals surface area contributed by atoms with Gasteiger partial charge in [0.2, 0.25) is 0 Å². The topological polar surface area (TPSA) is 29.3 Å². The second-order valence-electron chi connectivity index (χ2n) is 6.92. The van der Waals surface area contributed by atoms with E-state index in [-0.39, 0.29) is 0 Å². The van der Waals surface area contributed by atoms with Crippen molar-refractivity contribution in [2.24, 2.45) is 11.7 Å². The number of hydrogen-bond donors (Lipinski definition) is 1. The number of nitrogens with zero attached hydrogens (tertiary/aromatic N) is 1. The minimum atomic E-state index is 0.433. The number of hydrogen-bond acceptors (Lipinski definition) is 2. The fourth-order valence-electron chi connectivity index (χ4n) is 3.60. The van der Waals surface area contributed by atoms with Crippen molar-refractivity contribution in [1.82, 2.24) is 4.90 Å². The van der Waals surface area contributed by atoms with Gasteiger partial charge in [-0.15, -0.1) is 0 Å². The maximum absolute atomic E-state index is 6.06. The van der Waals surface area contributed by atoms with Gasteiger partial charge in [0, 0.05) is 25.7 Å². The summed E-state index contributed by atoms with van der Waals surface area (Å²) in [5.41, 5.74) is 8.86. The van der Waals surface area contributed by atoms with Gasteiger partial charge in [-0.05, 0) is 42.7 Å². The van der Waals surface area contributed by atoms with Crippen molar-refractivity contribution >= 4 is 0 Å². The Balaban J connectivity index is 1.65. The molecule has 2 aromatic rings. The van der Waals surface area contributed by atoms with Crippen LogP contribution < -0.4 is 5.73 Å². The highest BCUT2D eigenvalue weighted by Crippen LogP contribution is 2.25. The third-order valence-corrected chi connectivity index (χ3v) is 4.91. The van der Waals surface area contributed by atoms with Crippen LogP contribution in [0.3, 0.4) is 0 Å². The van der Waals surface area contributed by atoms with Gasteiger partial charge in [0.15, 0.2) is 0 Å². The number of rotatable bonds is 6. The molecule has 0 atom stereocenters. The zero-order valence-corrected chi connectivity index (χ0v) is 13.9. The first-order valence-corrected chi connectivity index (χ1v) is 8.85. The molecule has 23 heavy (non-hydrogen) atoms. The lowest BCUT2D eigenvalue weighted by Gasteiger charge is -2.32. The number of nitrogens with two attached hydrogens (primary N) is 1. The van der Waals surface area contributed by atoms with E-state index in [1.165, 1.54) is 43.4 Å². The molecule has 0 saturated heterocycles. The molecule has 1 aliphatic carbocycles. The minimum absolute atomic E-state index is 0.433. The number of benzene rings is 2. The smallest absolute Gasteiger partial charge is 0.0237 e. The van der Waals surface area contributed by atoms with E-state index in [4.69, 9.17) is 5.73 Å². The molecule has 0 radical (unpaired) electrons. The maximum atomic E-state index is 6.06. The van der Waals surface area contributed by atoms with Gasteiger partial charge in [-0.2, -0.15) is 0 Å². The Hall–Kier alpha value is -1.64. The molecule has 0 spiro atoms. The Bertz CT molecular complexity index is 517. The molecule has 3 rings (SSSR count). The highest BCUT2D eigenvalue weighted by Gasteiger charge is 2.21. The summed E-state index contributed by atoms with van der Waals surface area (Å²) in [6.45, 7) is 3.23. The molecule has 0 aromatic heterocycles. The summed E-state index contributed by atoms with van der Waals surface area (Å²) in [7, 11) is 0. The highest BCUT2D eigenvalue weighted by atomic mass is 15.1. The Labute approximate surface area is 140 Å². The lowest BCUT2D eigenvalue weighted by atomic mass is 9.86. The Morgan fingerprint density at radius 1 is 0.739 bits per heavy atom. The Morgan fingerprint density at radius 2 is 1.22 bits per heavy atom. The molecule has 0 bridgehead atoms. The molecular formula is C21H28N2. The fourth-order valence-corrected chi connectivity index (χ4v) is 3.60. The quantitative estimate of drug-likeness (QED) is 0.866. The molecule has 0 amide bonds. The summed E-state index contributed by atoms with van der Waals surface area (Å²) >= 11 is 0. The Kier molecular flexibility index (Phi) is 5.84. The van der Waals surface area contributed by atoms with Gasteiger partial charge in [-0.3, -0.25) is 4.90 Å². The fraction of sp³-hybridized carbons (Fsp3) is 0.429. The summed E-state index contributed by atoms with van der Waals surface area (Å²) < 4.78 is 0. The van der Waals surface area contributed by atoms with E-state index in [0.717, 1.165) is 19.0 Å². The van der Waals surface area contributed by atoms with E-state index in [1.807, 2.05) is 0 Å². The van der Waals surface area contributed by atoms with Crippen molar-refractivity contribution in [3.8, 4) is 0 Å². The molecule has 122 valence electrons. The van der Waals surface area contributed by atoms with Crippen LogP contribution in [0.1, 0.15) is 36.8 Å². The predicted octanol–water partition coefficient (Wildman–Crippen LogP) is 4.21. The summed E-state index contributed by atoms with van der Waals surface area (Å²) in [5.74, 6) is 0.794. The molecule has 2 aromatic carbocycles. The molecular weight excluding hydrogens is 280 g/mol. The van der Waals surface area contributed by atoms with Crippen molar-refractivity contribution in [3.63, 3.8) is 0 Å². The summed E-state index contributed by atoms with van der Waals surface area (Å²) in [5, 5.41) is 0. The van der Waals surface area contributed by atoms with Gasteiger partial charge in [0.05, 0.1) is 0 Å². The second-order valence-corrected chi connectivity index (χ2v) is 6.92. The first kappa shape index (κ1) is 16.2. The second kappa shape index (κ2) is 8.28. The Morgan fingerprint density at radius 3 is 1.70 bits per heavy atom. The van der Waals surface area contributed by atoms with Crippen LogP contribution in [0.5, 0.6) is 0 Å². The zero-order chi connectivity index (χ0) is 15.9. The van der Waals surface area contributed by atoms with E-state index in [1.54, 1.807) is 0 Å². The molecule has 2 nitrogen and oxygen atoms in total. The van der Waals surface area contributed by atoms with Gasteiger partial charge in [-0.25, -0.2) is 0 Å².